The van der Waals surface area contributed by atoms with Crippen LogP contribution in [-0.2, 0) is 12.0 Å². The summed E-state index contributed by atoms with van der Waals surface area (Å²) in [6.07, 6.45) is 15.5. The molecule has 2 nitrogen and oxygen atoms in total. The quantitative estimate of drug-likeness (QED) is 0.300. The van der Waals surface area contributed by atoms with Crippen LogP contribution < -0.4 is 9.13 Å². The van der Waals surface area contributed by atoms with Crippen molar-refractivity contribution in [3.05, 3.63) is 78.4 Å². The first-order valence-corrected chi connectivity index (χ1v) is 11.5. The Kier molecular flexibility index (Phi) is 7.42. The minimum absolute atomic E-state index is 0.183. The van der Waals surface area contributed by atoms with Gasteiger partial charge in [-0.1, -0.05) is 59.1 Å². The summed E-state index contributed by atoms with van der Waals surface area (Å²) in [5.41, 5.74) is 6.62. The van der Waals surface area contributed by atoms with Crippen LogP contribution in [-0.4, -0.2) is 0 Å². The Morgan fingerprint density at radius 1 is 0.767 bits per heavy atom. The van der Waals surface area contributed by atoms with Gasteiger partial charge in [-0.2, -0.15) is 4.57 Å². The average molecular weight is 403 g/mol. The molecule has 0 atom stereocenters. The van der Waals surface area contributed by atoms with Crippen LogP contribution in [0.3, 0.4) is 0 Å². The van der Waals surface area contributed by atoms with Crippen LogP contribution in [0.5, 0.6) is 0 Å². The van der Waals surface area contributed by atoms with Crippen LogP contribution >= 0.6 is 0 Å². The van der Waals surface area contributed by atoms with E-state index in [1.165, 1.54) is 60.0 Å². The standard InChI is InChI=1S/C28H38N2/c1-6-7-8-9-10-18-29-19-15-24(16-20-29)27-17-21-30(22-23(27)2)26-13-11-25(12-14-26)28(3,4)5/h11-17,19-22H,6-10,18H2,1-5H3/q+2. The Hall–Kier alpha value is -2.48. The predicted molar refractivity (Wildman–Crippen MR) is 126 cm³/mol. The maximum atomic E-state index is 2.31. The molecule has 0 aliphatic rings. The van der Waals surface area contributed by atoms with E-state index < -0.39 is 0 Å². The third-order valence-corrected chi connectivity index (χ3v) is 5.91. The summed E-state index contributed by atoms with van der Waals surface area (Å²) in [6, 6.07) is 15.6. The van der Waals surface area contributed by atoms with Crippen molar-refractivity contribution in [2.24, 2.45) is 0 Å². The first kappa shape index (κ1) is 22.2. The first-order chi connectivity index (χ1) is 14.4. The Morgan fingerprint density at radius 3 is 2.03 bits per heavy atom. The van der Waals surface area contributed by atoms with Gasteiger partial charge in [-0.05, 0) is 35.4 Å². The molecule has 0 amide bonds. The Labute approximate surface area is 183 Å². The van der Waals surface area contributed by atoms with E-state index in [9.17, 15) is 0 Å². The number of rotatable bonds is 8. The van der Waals surface area contributed by atoms with Crippen LogP contribution in [0.1, 0.15) is 70.9 Å². The number of aromatic nitrogens is 2. The fourth-order valence-corrected chi connectivity index (χ4v) is 3.91. The topological polar surface area (TPSA) is 7.76 Å². The molecule has 0 spiro atoms. The number of pyridine rings is 2. The van der Waals surface area contributed by atoms with Gasteiger partial charge in [0.1, 0.15) is 6.54 Å². The molecule has 0 saturated heterocycles. The third-order valence-electron chi connectivity index (χ3n) is 5.91. The first-order valence-electron chi connectivity index (χ1n) is 11.5. The molecule has 0 fully saturated rings. The average Bonchev–Trinajstić information content (AvgIpc) is 2.74. The lowest BCUT2D eigenvalue weighted by molar-refractivity contribution is -0.697. The molecule has 2 aromatic heterocycles. The van der Waals surface area contributed by atoms with Crippen LogP contribution in [0.15, 0.2) is 67.3 Å². The number of nitrogens with zero attached hydrogens (tertiary/aromatic N) is 2. The van der Waals surface area contributed by atoms with Crippen molar-refractivity contribution in [2.45, 2.75) is 78.7 Å². The minimum atomic E-state index is 0.183. The van der Waals surface area contributed by atoms with Gasteiger partial charge in [-0.25, -0.2) is 4.57 Å². The van der Waals surface area contributed by atoms with Gasteiger partial charge in [0, 0.05) is 42.3 Å². The summed E-state index contributed by atoms with van der Waals surface area (Å²) in [7, 11) is 0. The molecule has 2 heteroatoms. The van der Waals surface area contributed by atoms with E-state index in [1.807, 2.05) is 0 Å². The molecule has 0 aliphatic carbocycles. The maximum absolute atomic E-state index is 2.31. The monoisotopic (exact) mass is 402 g/mol. The van der Waals surface area contributed by atoms with E-state index in [0.29, 0.717) is 0 Å². The van der Waals surface area contributed by atoms with Crippen molar-refractivity contribution in [1.82, 2.24) is 0 Å². The van der Waals surface area contributed by atoms with Gasteiger partial charge in [0.25, 0.3) is 0 Å². The highest BCUT2D eigenvalue weighted by molar-refractivity contribution is 5.65. The van der Waals surface area contributed by atoms with Gasteiger partial charge < -0.3 is 0 Å². The molecule has 0 N–H and O–H groups in total. The zero-order chi connectivity index (χ0) is 21.6. The summed E-state index contributed by atoms with van der Waals surface area (Å²) < 4.78 is 4.52. The molecule has 30 heavy (non-hydrogen) atoms. The fourth-order valence-electron chi connectivity index (χ4n) is 3.91. The van der Waals surface area contributed by atoms with E-state index in [-0.39, 0.29) is 5.41 Å². The molecular weight excluding hydrogens is 364 g/mol. The summed E-state index contributed by atoms with van der Waals surface area (Å²) >= 11 is 0. The highest BCUT2D eigenvalue weighted by Crippen LogP contribution is 2.23. The lowest BCUT2D eigenvalue weighted by atomic mass is 9.87. The van der Waals surface area contributed by atoms with Gasteiger partial charge in [-0.15, -0.1) is 0 Å². The molecule has 1 aromatic carbocycles. The van der Waals surface area contributed by atoms with E-state index in [1.54, 1.807) is 0 Å². The lowest BCUT2D eigenvalue weighted by Crippen LogP contribution is -2.32. The van der Waals surface area contributed by atoms with Crippen LogP contribution in [0, 0.1) is 6.92 Å². The molecule has 0 aliphatic heterocycles. The molecule has 0 unspecified atom stereocenters. The van der Waals surface area contributed by atoms with Crippen molar-refractivity contribution < 1.29 is 9.13 Å². The van der Waals surface area contributed by atoms with Gasteiger partial charge in [0.15, 0.2) is 24.8 Å². The van der Waals surface area contributed by atoms with E-state index in [0.717, 1.165) is 6.54 Å². The lowest BCUT2D eigenvalue weighted by Gasteiger charge is -2.18. The van der Waals surface area contributed by atoms with E-state index >= 15 is 0 Å². The zero-order valence-corrected chi connectivity index (χ0v) is 19.5. The highest BCUT2D eigenvalue weighted by atomic mass is 14.9. The smallest absolute Gasteiger partial charge is 0.205 e. The molecule has 0 bridgehead atoms. The zero-order valence-electron chi connectivity index (χ0n) is 19.5. The summed E-state index contributed by atoms with van der Waals surface area (Å²) in [5.74, 6) is 0. The summed E-state index contributed by atoms with van der Waals surface area (Å²) in [4.78, 5) is 0. The van der Waals surface area contributed by atoms with Crippen LogP contribution in [0.25, 0.3) is 16.8 Å². The predicted octanol–water partition coefficient (Wildman–Crippen LogP) is 6.49. The van der Waals surface area contributed by atoms with Crippen molar-refractivity contribution in [2.75, 3.05) is 0 Å². The number of hydrogen-bond donors (Lipinski definition) is 0. The molecule has 0 radical (unpaired) electrons. The Morgan fingerprint density at radius 2 is 1.43 bits per heavy atom. The van der Waals surface area contributed by atoms with Gasteiger partial charge in [0.05, 0.1) is 0 Å². The Bertz CT molecular complexity index is 932. The largest absolute Gasteiger partial charge is 0.210 e. The molecule has 158 valence electrons. The number of benzene rings is 1. The minimum Gasteiger partial charge on any atom is -0.205 e. The molecule has 0 saturated carbocycles. The maximum Gasteiger partial charge on any atom is 0.210 e. The van der Waals surface area contributed by atoms with Gasteiger partial charge in [-0.3, -0.25) is 0 Å². The normalized spacial score (nSPS) is 11.6. The third kappa shape index (κ3) is 5.78. The fraction of sp³-hybridized carbons (Fsp3) is 0.429. The van der Waals surface area contributed by atoms with Crippen molar-refractivity contribution in [3.8, 4) is 16.8 Å². The SMILES string of the molecule is CCCCCCC[n+]1ccc(-c2cc[n+](-c3ccc(C(C)(C)C)cc3)cc2C)cc1. The highest BCUT2D eigenvalue weighted by Gasteiger charge is 2.16. The second-order valence-corrected chi connectivity index (χ2v) is 9.48. The van der Waals surface area contributed by atoms with Crippen LogP contribution in [0.2, 0.25) is 0 Å². The summed E-state index contributed by atoms with van der Waals surface area (Å²) in [6.45, 7) is 12.3. The number of unbranched alkanes of at least 4 members (excludes halogenated alkanes) is 4. The van der Waals surface area contributed by atoms with Gasteiger partial charge >= 0.3 is 0 Å². The van der Waals surface area contributed by atoms with Crippen molar-refractivity contribution in [3.63, 3.8) is 0 Å². The van der Waals surface area contributed by atoms with Gasteiger partial charge in [0.2, 0.25) is 5.69 Å². The van der Waals surface area contributed by atoms with Crippen molar-refractivity contribution >= 4 is 0 Å². The number of aryl methyl sites for hydroxylation is 2. The molecule has 2 heterocycles. The van der Waals surface area contributed by atoms with Crippen molar-refractivity contribution in [1.29, 1.82) is 0 Å². The molecule has 3 rings (SSSR count). The molecule has 3 aromatic rings. The second kappa shape index (κ2) is 10.0. The number of hydrogen-bond acceptors (Lipinski definition) is 0. The van der Waals surface area contributed by atoms with E-state index in [4.69, 9.17) is 0 Å². The Balaban J connectivity index is 1.69. The second-order valence-electron chi connectivity index (χ2n) is 9.48. The van der Waals surface area contributed by atoms with Crippen LogP contribution in [0.4, 0.5) is 0 Å². The van der Waals surface area contributed by atoms with E-state index in [2.05, 4.69) is 111 Å². The summed E-state index contributed by atoms with van der Waals surface area (Å²) in [5, 5.41) is 0. The molecular formula is C28H38N2+2.